The zero-order chi connectivity index (χ0) is 21.4. The standard InChI is InChI=1S/C21H24FN3O5/c1-10-8-29-19-16-12(18(26)15(7-25(10)16)30-20(27)28)5-14(22)17(19)24-6-13(11-3-4-11)21(2,23)9-24/h5,7,10-11,13H,3-4,6,8-9,23H2,1-2H3,(H,27,28)/t10-,13?,21?/m0/s1. The molecule has 3 aliphatic rings. The zero-order valence-electron chi connectivity index (χ0n) is 16.9. The van der Waals surface area contributed by atoms with Crippen molar-refractivity contribution in [1.29, 1.82) is 0 Å². The van der Waals surface area contributed by atoms with Gasteiger partial charge in [0.25, 0.3) is 0 Å². The van der Waals surface area contributed by atoms with Crippen LogP contribution in [-0.4, -0.2) is 41.1 Å². The molecule has 0 spiro atoms. The fourth-order valence-corrected chi connectivity index (χ4v) is 5.04. The van der Waals surface area contributed by atoms with Gasteiger partial charge in [-0.15, -0.1) is 0 Å². The second kappa shape index (κ2) is 6.34. The smallest absolute Gasteiger partial charge is 0.487 e. The topological polar surface area (TPSA) is 107 Å². The first kappa shape index (κ1) is 19.2. The van der Waals surface area contributed by atoms with Crippen LogP contribution < -0.4 is 25.5 Å². The number of hydrogen-bond donors (Lipinski definition) is 2. The lowest BCUT2D eigenvalue weighted by molar-refractivity contribution is 0.143. The van der Waals surface area contributed by atoms with E-state index in [2.05, 4.69) is 4.74 Å². The Morgan fingerprint density at radius 2 is 2.17 bits per heavy atom. The number of carbonyl (C=O) groups is 1. The van der Waals surface area contributed by atoms with Gasteiger partial charge in [-0.3, -0.25) is 4.79 Å². The molecule has 0 radical (unpaired) electrons. The van der Waals surface area contributed by atoms with Gasteiger partial charge in [-0.1, -0.05) is 0 Å². The van der Waals surface area contributed by atoms with Gasteiger partial charge < -0.3 is 29.8 Å². The molecule has 1 aromatic carbocycles. The molecule has 1 saturated heterocycles. The van der Waals surface area contributed by atoms with Crippen LogP contribution in [0.15, 0.2) is 17.1 Å². The molecule has 3 atom stereocenters. The monoisotopic (exact) mass is 417 g/mol. The lowest BCUT2D eigenvalue weighted by Gasteiger charge is -2.31. The minimum Gasteiger partial charge on any atom is -0.487 e. The molecule has 2 aliphatic heterocycles. The number of ether oxygens (including phenoxy) is 2. The van der Waals surface area contributed by atoms with Crippen molar-refractivity contribution in [2.45, 2.75) is 38.3 Å². The predicted octanol–water partition coefficient (Wildman–Crippen LogP) is 2.71. The fraction of sp³-hybridized carbons (Fsp3) is 0.524. The minimum atomic E-state index is -1.60. The van der Waals surface area contributed by atoms with Gasteiger partial charge in [0.2, 0.25) is 5.43 Å². The van der Waals surface area contributed by atoms with Crippen molar-refractivity contribution in [3.63, 3.8) is 0 Å². The van der Waals surface area contributed by atoms with E-state index in [1.54, 1.807) is 4.57 Å². The van der Waals surface area contributed by atoms with Crippen LogP contribution in [0.4, 0.5) is 14.9 Å². The predicted molar refractivity (Wildman–Crippen MR) is 108 cm³/mol. The fourth-order valence-electron chi connectivity index (χ4n) is 5.04. The van der Waals surface area contributed by atoms with Gasteiger partial charge in [0, 0.05) is 18.6 Å². The summed E-state index contributed by atoms with van der Waals surface area (Å²) in [5.74, 6) is 0.201. The van der Waals surface area contributed by atoms with E-state index in [-0.39, 0.29) is 29.7 Å². The third-order valence-corrected chi connectivity index (χ3v) is 6.61. The van der Waals surface area contributed by atoms with Gasteiger partial charge in [-0.05, 0) is 44.6 Å². The molecule has 160 valence electrons. The van der Waals surface area contributed by atoms with Crippen LogP contribution in [0.3, 0.4) is 0 Å². The molecule has 1 aromatic heterocycles. The van der Waals surface area contributed by atoms with E-state index in [1.807, 2.05) is 18.7 Å². The maximum absolute atomic E-state index is 15.4. The summed E-state index contributed by atoms with van der Waals surface area (Å²) >= 11 is 0. The van der Waals surface area contributed by atoms with E-state index in [4.69, 9.17) is 15.6 Å². The molecule has 30 heavy (non-hydrogen) atoms. The van der Waals surface area contributed by atoms with Crippen LogP contribution >= 0.6 is 0 Å². The Hall–Kier alpha value is -2.81. The lowest BCUT2D eigenvalue weighted by atomic mass is 9.86. The van der Waals surface area contributed by atoms with Gasteiger partial charge in [0.05, 0.1) is 23.1 Å². The number of anilines is 1. The van der Waals surface area contributed by atoms with Crippen LogP contribution in [0.25, 0.3) is 10.9 Å². The number of aromatic nitrogens is 1. The second-order valence-electron chi connectivity index (χ2n) is 9.02. The van der Waals surface area contributed by atoms with Crippen molar-refractivity contribution >= 4 is 22.7 Å². The van der Waals surface area contributed by atoms with Crippen molar-refractivity contribution in [1.82, 2.24) is 4.57 Å². The average molecular weight is 417 g/mol. The molecule has 9 heteroatoms. The van der Waals surface area contributed by atoms with Crippen LogP contribution in [-0.2, 0) is 0 Å². The summed E-state index contributed by atoms with van der Waals surface area (Å²) < 4.78 is 27.7. The molecule has 2 fully saturated rings. The molecule has 1 saturated carbocycles. The van der Waals surface area contributed by atoms with E-state index >= 15 is 4.39 Å². The Morgan fingerprint density at radius 1 is 1.43 bits per heavy atom. The molecule has 0 bridgehead atoms. The summed E-state index contributed by atoms with van der Waals surface area (Å²) in [7, 11) is 0. The maximum Gasteiger partial charge on any atom is 0.511 e. The summed E-state index contributed by atoms with van der Waals surface area (Å²) in [6, 6.07) is 0.967. The van der Waals surface area contributed by atoms with Gasteiger partial charge in [0.15, 0.2) is 17.3 Å². The summed E-state index contributed by atoms with van der Waals surface area (Å²) in [5, 5.41) is 8.97. The number of nitrogens with zero attached hydrogens (tertiary/aromatic N) is 2. The number of carboxylic acid groups (broad SMARTS) is 1. The number of rotatable bonds is 3. The Balaban J connectivity index is 1.70. The van der Waals surface area contributed by atoms with E-state index in [0.717, 1.165) is 18.9 Å². The lowest BCUT2D eigenvalue weighted by Crippen LogP contribution is -2.45. The third kappa shape index (κ3) is 2.83. The average Bonchev–Trinajstić information content (AvgIpc) is 3.44. The molecule has 3 heterocycles. The van der Waals surface area contributed by atoms with Crippen LogP contribution in [0.5, 0.6) is 11.5 Å². The first-order valence-corrected chi connectivity index (χ1v) is 10.2. The van der Waals surface area contributed by atoms with Gasteiger partial charge in [0.1, 0.15) is 12.3 Å². The SMILES string of the molecule is C[C@H]1COc2c(N3CC(C4CC4)C(C)(N)C3)c(F)cc3c(=O)c(OC(=O)O)cn1c23. The Labute approximate surface area is 172 Å². The normalized spacial score (nSPS) is 27.9. The minimum absolute atomic E-state index is 0.0324. The van der Waals surface area contributed by atoms with Crippen LogP contribution in [0.2, 0.25) is 0 Å². The number of nitrogens with two attached hydrogens (primary N) is 1. The highest BCUT2D eigenvalue weighted by molar-refractivity contribution is 5.93. The van der Waals surface area contributed by atoms with E-state index in [0.29, 0.717) is 36.0 Å². The number of pyridine rings is 1. The summed E-state index contributed by atoms with van der Waals surface area (Å²) in [6.45, 7) is 5.27. The van der Waals surface area contributed by atoms with Gasteiger partial charge >= 0.3 is 6.16 Å². The summed E-state index contributed by atoms with van der Waals surface area (Å²) in [4.78, 5) is 25.7. The van der Waals surface area contributed by atoms with Crippen LogP contribution in [0, 0.1) is 17.7 Å². The molecule has 1 aliphatic carbocycles. The number of halogens is 1. The first-order valence-electron chi connectivity index (χ1n) is 10.2. The molecule has 3 N–H and O–H groups in total. The van der Waals surface area contributed by atoms with E-state index < -0.39 is 22.9 Å². The molecule has 2 unspecified atom stereocenters. The molecular weight excluding hydrogens is 393 g/mol. The van der Waals surface area contributed by atoms with Crippen molar-refractivity contribution in [2.75, 3.05) is 24.6 Å². The van der Waals surface area contributed by atoms with Gasteiger partial charge in [-0.25, -0.2) is 9.18 Å². The number of hydrogen-bond acceptors (Lipinski definition) is 6. The second-order valence-corrected chi connectivity index (χ2v) is 9.02. The highest BCUT2D eigenvalue weighted by atomic mass is 19.1. The van der Waals surface area contributed by atoms with E-state index in [9.17, 15) is 9.59 Å². The third-order valence-electron chi connectivity index (χ3n) is 6.61. The maximum atomic E-state index is 15.4. The Kier molecular flexibility index (Phi) is 4.05. The van der Waals surface area contributed by atoms with E-state index in [1.165, 1.54) is 6.20 Å². The molecule has 0 amide bonds. The van der Waals surface area contributed by atoms with Crippen LogP contribution in [0.1, 0.15) is 32.7 Å². The quantitative estimate of drug-likeness (QED) is 0.740. The van der Waals surface area contributed by atoms with Gasteiger partial charge in [-0.2, -0.15) is 0 Å². The number of benzene rings is 1. The Morgan fingerprint density at radius 3 is 2.83 bits per heavy atom. The first-order chi connectivity index (χ1) is 14.2. The highest BCUT2D eigenvalue weighted by Gasteiger charge is 2.49. The Bertz CT molecular complexity index is 1120. The van der Waals surface area contributed by atoms with Crippen molar-refractivity contribution in [3.8, 4) is 11.5 Å². The summed E-state index contributed by atoms with van der Waals surface area (Å²) in [6.07, 6.45) is 2.07. The molecule has 5 rings (SSSR count). The van der Waals surface area contributed by atoms with Crippen molar-refractivity contribution in [3.05, 3.63) is 28.3 Å². The molecule has 8 nitrogen and oxygen atoms in total. The zero-order valence-corrected chi connectivity index (χ0v) is 16.9. The summed E-state index contributed by atoms with van der Waals surface area (Å²) in [5.41, 5.74) is 6.21. The molecular formula is C21H24FN3O5. The van der Waals surface area contributed by atoms with Crippen molar-refractivity contribution < 1.29 is 23.8 Å². The van der Waals surface area contributed by atoms with Crippen molar-refractivity contribution in [2.24, 2.45) is 17.6 Å². The molecule has 2 aromatic rings. The highest BCUT2D eigenvalue weighted by Crippen LogP contribution is 2.49. The largest absolute Gasteiger partial charge is 0.511 e.